The Labute approximate surface area is 170 Å². The van der Waals surface area contributed by atoms with Crippen LogP contribution in [0.3, 0.4) is 0 Å². The monoisotopic (exact) mass is 422 g/mol. The number of imide groups is 1. The van der Waals surface area contributed by atoms with Crippen LogP contribution in [0.2, 0.25) is 0 Å². The van der Waals surface area contributed by atoms with Gasteiger partial charge in [-0.3, -0.25) is 24.1 Å². The van der Waals surface area contributed by atoms with Crippen molar-refractivity contribution >= 4 is 40.9 Å². The van der Waals surface area contributed by atoms with E-state index in [1.165, 1.54) is 11.3 Å². The third-order valence-electron chi connectivity index (χ3n) is 7.07. The number of amides is 2. The zero-order valence-electron chi connectivity index (χ0n) is 15.9. The largest absolute Gasteiger partial charge is 0.465 e. The zero-order valence-corrected chi connectivity index (χ0v) is 17.5. The summed E-state index contributed by atoms with van der Waals surface area (Å²) in [6.45, 7) is 5.95. The molecule has 1 aromatic rings. The molecule has 2 amide bonds. The first-order valence-electron chi connectivity index (χ1n) is 9.66. The predicted molar refractivity (Wildman–Crippen MR) is 103 cm³/mol. The fraction of sp³-hybridized carbons (Fsp3) is 0.684. The summed E-state index contributed by atoms with van der Waals surface area (Å²) in [5.41, 5.74) is -0.225. The first-order chi connectivity index (χ1) is 13.3. The highest BCUT2D eigenvalue weighted by molar-refractivity contribution is 8.00. The molecule has 2 saturated carbocycles. The number of aromatic amines is 1. The number of esters is 1. The van der Waals surface area contributed by atoms with E-state index in [9.17, 15) is 19.2 Å². The van der Waals surface area contributed by atoms with Crippen molar-refractivity contribution in [1.82, 2.24) is 9.88 Å². The fourth-order valence-electron chi connectivity index (χ4n) is 6.21. The van der Waals surface area contributed by atoms with Gasteiger partial charge in [0.05, 0.1) is 23.5 Å². The summed E-state index contributed by atoms with van der Waals surface area (Å²) in [5.74, 6) is -1.22. The van der Waals surface area contributed by atoms with Crippen molar-refractivity contribution in [2.24, 2.45) is 29.6 Å². The number of ether oxygens (including phenoxy) is 1. The highest BCUT2D eigenvalue weighted by atomic mass is 32.2. The number of nitrogens with one attached hydrogen (secondary N) is 1. The minimum Gasteiger partial charge on any atom is -0.465 e. The third-order valence-corrected chi connectivity index (χ3v) is 9.88. The van der Waals surface area contributed by atoms with Crippen molar-refractivity contribution in [2.45, 2.75) is 42.9 Å². The lowest BCUT2D eigenvalue weighted by atomic mass is 9.64. The fourth-order valence-corrected chi connectivity index (χ4v) is 9.36. The molecule has 1 aromatic heterocycles. The quantitative estimate of drug-likeness (QED) is 0.587. The van der Waals surface area contributed by atoms with Gasteiger partial charge in [-0.15, -0.1) is 11.8 Å². The second kappa shape index (κ2) is 5.95. The molecule has 2 aliphatic heterocycles. The minimum absolute atomic E-state index is 0.0501. The molecule has 0 radical (unpaired) electrons. The summed E-state index contributed by atoms with van der Waals surface area (Å²) in [6, 6.07) is 0. The van der Waals surface area contributed by atoms with Crippen LogP contribution in [0.25, 0.3) is 0 Å². The lowest BCUT2D eigenvalue weighted by Gasteiger charge is -2.47. The maximum atomic E-state index is 13.1. The Morgan fingerprint density at radius 2 is 1.89 bits per heavy atom. The Bertz CT molecular complexity index is 950. The molecule has 0 spiro atoms. The molecular weight excluding hydrogens is 400 g/mol. The van der Waals surface area contributed by atoms with Crippen molar-refractivity contribution in [3.63, 3.8) is 0 Å². The maximum Gasteiger partial charge on any atom is 0.326 e. The van der Waals surface area contributed by atoms with Gasteiger partial charge in [0.2, 0.25) is 11.8 Å². The van der Waals surface area contributed by atoms with Gasteiger partial charge < -0.3 is 9.72 Å². The van der Waals surface area contributed by atoms with Gasteiger partial charge in [-0.25, -0.2) is 0 Å². The van der Waals surface area contributed by atoms with Crippen molar-refractivity contribution in [3.8, 4) is 0 Å². The number of hydrogen-bond donors (Lipinski definition) is 1. The van der Waals surface area contributed by atoms with E-state index < -0.39 is 5.97 Å². The Kier molecular flexibility index (Phi) is 3.91. The van der Waals surface area contributed by atoms with Gasteiger partial charge in [0, 0.05) is 15.5 Å². The zero-order chi connectivity index (χ0) is 20.0. The lowest BCUT2D eigenvalue weighted by Crippen LogP contribution is -2.48. The predicted octanol–water partition coefficient (Wildman–Crippen LogP) is 1.62. The molecule has 5 rings (SSSR count). The van der Waals surface area contributed by atoms with Gasteiger partial charge in [-0.1, -0.05) is 25.2 Å². The second-order valence-electron chi connectivity index (χ2n) is 8.69. The minimum atomic E-state index is -0.539. The van der Waals surface area contributed by atoms with Crippen LogP contribution in [0.15, 0.2) is 9.82 Å². The van der Waals surface area contributed by atoms with Crippen molar-refractivity contribution < 1.29 is 19.1 Å². The van der Waals surface area contributed by atoms with Gasteiger partial charge in [0.1, 0.15) is 6.54 Å². The van der Waals surface area contributed by atoms with E-state index in [0.29, 0.717) is 0 Å². The van der Waals surface area contributed by atoms with E-state index in [1.807, 2.05) is 0 Å². The number of likely N-dealkylation sites (tertiary alicyclic amines) is 1. The average molecular weight is 423 g/mol. The molecule has 2 bridgehead atoms. The lowest BCUT2D eigenvalue weighted by molar-refractivity contribution is -0.153. The standard InChI is InChI=1S/C19H22N2O5S2/c1-4-26-9(22)6-21-16(23)10-7-5-8(11(10)17(21)24)13-12(7)19(2,3)14-15(27-13)20-18(25)28-14/h7-8,10-13H,4-6H2,1-3H3,(H,20,25)/t7-,8+,10-,11+,12+,13-/m0/s1. The topological polar surface area (TPSA) is 96.5 Å². The molecule has 1 saturated heterocycles. The number of carbonyl (C=O) groups is 3. The molecule has 9 heteroatoms. The average Bonchev–Trinajstić information content (AvgIpc) is 3.33. The normalized spacial score (nSPS) is 37.0. The van der Waals surface area contributed by atoms with Crippen LogP contribution >= 0.6 is 23.1 Å². The van der Waals surface area contributed by atoms with Crippen LogP contribution < -0.4 is 4.87 Å². The summed E-state index contributed by atoms with van der Waals surface area (Å²) in [4.78, 5) is 55.1. The molecule has 0 unspecified atom stereocenters. The van der Waals surface area contributed by atoms with E-state index in [0.717, 1.165) is 21.2 Å². The number of nitrogens with zero attached hydrogens (tertiary/aromatic N) is 1. The van der Waals surface area contributed by atoms with Gasteiger partial charge in [0.25, 0.3) is 0 Å². The summed E-state index contributed by atoms with van der Waals surface area (Å²) in [7, 11) is 0. The SMILES string of the molecule is CCOC(=O)CN1C(=O)[C@@H]2[C@H]3C[C@@H]([C@@H]2C1=O)[C@@H]1[C@H]3Sc2[nH]c(=O)sc2C1(C)C. The molecule has 2 aliphatic carbocycles. The van der Waals surface area contributed by atoms with Crippen LogP contribution in [0.4, 0.5) is 0 Å². The highest BCUT2D eigenvalue weighted by Gasteiger charge is 2.70. The molecule has 4 aliphatic rings. The Morgan fingerprint density at radius 3 is 2.57 bits per heavy atom. The third kappa shape index (κ3) is 2.23. The Balaban J connectivity index is 1.49. The van der Waals surface area contributed by atoms with Crippen LogP contribution in [-0.2, 0) is 24.5 Å². The van der Waals surface area contributed by atoms with Crippen LogP contribution in [0, 0.1) is 29.6 Å². The van der Waals surface area contributed by atoms with Crippen molar-refractivity contribution in [3.05, 3.63) is 14.5 Å². The first-order valence-corrected chi connectivity index (χ1v) is 11.4. The number of thiazole rings is 1. The Hall–Kier alpha value is -1.61. The van der Waals surface area contributed by atoms with E-state index in [4.69, 9.17) is 4.74 Å². The van der Waals surface area contributed by atoms with Gasteiger partial charge in [0.15, 0.2) is 0 Å². The molecule has 28 heavy (non-hydrogen) atoms. The van der Waals surface area contributed by atoms with Crippen LogP contribution in [0.5, 0.6) is 0 Å². The molecule has 3 heterocycles. The number of thioether (sulfide) groups is 1. The molecule has 6 atom stereocenters. The van der Waals surface area contributed by atoms with E-state index in [1.54, 1.807) is 18.7 Å². The molecule has 0 aromatic carbocycles. The van der Waals surface area contributed by atoms with Crippen molar-refractivity contribution in [1.29, 1.82) is 0 Å². The summed E-state index contributed by atoms with van der Waals surface area (Å²) in [6.07, 6.45) is 0.866. The molecule has 1 N–H and O–H groups in total. The summed E-state index contributed by atoms with van der Waals surface area (Å²) < 4.78 is 4.94. The van der Waals surface area contributed by atoms with Gasteiger partial charge in [-0.05, 0) is 31.1 Å². The number of rotatable bonds is 3. The summed E-state index contributed by atoms with van der Waals surface area (Å²) >= 11 is 2.93. The molecule has 7 nitrogen and oxygen atoms in total. The highest BCUT2D eigenvalue weighted by Crippen LogP contribution is 2.68. The molecular formula is C19H22N2O5S2. The maximum absolute atomic E-state index is 13.1. The van der Waals surface area contributed by atoms with E-state index in [-0.39, 0.29) is 70.1 Å². The van der Waals surface area contributed by atoms with E-state index in [2.05, 4.69) is 18.8 Å². The van der Waals surface area contributed by atoms with Crippen LogP contribution in [0.1, 0.15) is 32.1 Å². The smallest absolute Gasteiger partial charge is 0.326 e. The number of H-pyrrole nitrogens is 1. The molecule has 3 fully saturated rings. The number of hydrogen-bond acceptors (Lipinski definition) is 7. The van der Waals surface area contributed by atoms with Gasteiger partial charge in [-0.2, -0.15) is 0 Å². The molecule has 150 valence electrons. The first kappa shape index (κ1) is 18.4. The number of fused-ring (bicyclic) bond motifs is 9. The van der Waals surface area contributed by atoms with Crippen molar-refractivity contribution in [2.75, 3.05) is 13.2 Å². The number of aromatic nitrogens is 1. The van der Waals surface area contributed by atoms with Gasteiger partial charge >= 0.3 is 10.8 Å². The second-order valence-corrected chi connectivity index (χ2v) is 10.9. The summed E-state index contributed by atoms with van der Waals surface area (Å²) in [5, 5.41) is 1.13. The van der Waals surface area contributed by atoms with Crippen LogP contribution in [-0.4, -0.2) is 46.1 Å². The Morgan fingerprint density at radius 1 is 1.21 bits per heavy atom. The number of carbonyl (C=O) groups excluding carboxylic acids is 3. The van der Waals surface area contributed by atoms with E-state index >= 15 is 0 Å².